The van der Waals surface area contributed by atoms with Crippen LogP contribution in [0.15, 0.2) is 30.6 Å². The topological polar surface area (TPSA) is 75.8 Å². The summed E-state index contributed by atoms with van der Waals surface area (Å²) in [5.74, 6) is 0. The lowest BCUT2D eigenvalue weighted by atomic mass is 10.0. The number of hydrogen-bond donors (Lipinski definition) is 0. The summed E-state index contributed by atoms with van der Waals surface area (Å²) in [5.41, 5.74) is -0.904. The first-order valence-electron chi connectivity index (χ1n) is 6.47. The van der Waals surface area contributed by atoms with E-state index in [1.165, 1.54) is 19.9 Å². The summed E-state index contributed by atoms with van der Waals surface area (Å²) in [6, 6.07) is 4.49. The van der Waals surface area contributed by atoms with Gasteiger partial charge in [0.05, 0.1) is 34.8 Å². The molecule has 0 aliphatic carbocycles. The van der Waals surface area contributed by atoms with Crippen molar-refractivity contribution < 1.29 is 21.6 Å². The Morgan fingerprint density at radius 1 is 1.22 bits per heavy atom. The first kappa shape index (κ1) is 17.0. The Morgan fingerprint density at radius 3 is 2.39 bits per heavy atom. The van der Waals surface area contributed by atoms with Crippen molar-refractivity contribution >= 4 is 10.0 Å². The summed E-state index contributed by atoms with van der Waals surface area (Å²) in [6.45, 7) is 2.93. The van der Waals surface area contributed by atoms with E-state index < -0.39 is 27.0 Å². The van der Waals surface area contributed by atoms with E-state index in [1.54, 1.807) is 6.07 Å². The second-order valence-electron chi connectivity index (χ2n) is 5.10. The third kappa shape index (κ3) is 3.37. The number of benzene rings is 1. The summed E-state index contributed by atoms with van der Waals surface area (Å²) in [4.78, 5) is 0. The molecule has 1 heterocycles. The van der Waals surface area contributed by atoms with Crippen LogP contribution >= 0.6 is 0 Å². The van der Waals surface area contributed by atoms with Crippen LogP contribution < -0.4 is 0 Å². The van der Waals surface area contributed by atoms with E-state index in [0.717, 1.165) is 28.6 Å². The molecule has 0 spiro atoms. The summed E-state index contributed by atoms with van der Waals surface area (Å²) in [5, 5.41) is 11.8. The van der Waals surface area contributed by atoms with E-state index >= 15 is 0 Å². The molecule has 0 saturated carbocycles. The van der Waals surface area contributed by atoms with Gasteiger partial charge in [-0.3, -0.25) is 0 Å². The fraction of sp³-hybridized carbons (Fsp3) is 0.286. The number of nitriles is 1. The van der Waals surface area contributed by atoms with Gasteiger partial charge in [-0.15, -0.1) is 0 Å². The molecule has 0 bridgehead atoms. The third-order valence-electron chi connectivity index (χ3n) is 3.14. The van der Waals surface area contributed by atoms with Gasteiger partial charge < -0.3 is 0 Å². The predicted molar refractivity (Wildman–Crippen MR) is 76.8 cm³/mol. The second-order valence-corrected chi connectivity index (χ2v) is 7.45. The molecule has 0 atom stereocenters. The van der Waals surface area contributed by atoms with E-state index in [4.69, 9.17) is 5.26 Å². The van der Waals surface area contributed by atoms with Gasteiger partial charge in [-0.05, 0) is 37.6 Å². The second kappa shape index (κ2) is 5.70. The molecule has 9 heteroatoms. The van der Waals surface area contributed by atoms with Gasteiger partial charge in [0.25, 0.3) is 10.0 Å². The molecule has 0 N–H and O–H groups in total. The lowest BCUT2D eigenvalue weighted by Gasteiger charge is -2.09. The molecule has 0 unspecified atom stereocenters. The van der Waals surface area contributed by atoms with E-state index in [9.17, 15) is 21.6 Å². The zero-order valence-corrected chi connectivity index (χ0v) is 13.0. The minimum absolute atomic E-state index is 0.0709. The molecule has 0 saturated heterocycles. The first-order chi connectivity index (χ1) is 10.6. The molecule has 2 aromatic rings. The van der Waals surface area contributed by atoms with Crippen LogP contribution in [0.2, 0.25) is 0 Å². The molecule has 0 fully saturated rings. The Labute approximate surface area is 131 Å². The number of hydrogen-bond acceptors (Lipinski definition) is 4. The molecule has 0 aliphatic heterocycles. The van der Waals surface area contributed by atoms with Crippen molar-refractivity contribution in [3.05, 3.63) is 41.7 Å². The molecular formula is C14H12F3N3O2S. The highest BCUT2D eigenvalue weighted by Crippen LogP contribution is 2.33. The van der Waals surface area contributed by atoms with Crippen molar-refractivity contribution in [2.75, 3.05) is 0 Å². The van der Waals surface area contributed by atoms with E-state index in [1.807, 2.05) is 0 Å². The van der Waals surface area contributed by atoms with Crippen molar-refractivity contribution in [1.29, 1.82) is 5.26 Å². The Bertz CT molecular complexity index is 877. The van der Waals surface area contributed by atoms with Gasteiger partial charge in [0.2, 0.25) is 0 Å². The smallest absolute Gasteiger partial charge is 0.204 e. The van der Waals surface area contributed by atoms with Gasteiger partial charge in [-0.25, -0.2) is 8.42 Å². The van der Waals surface area contributed by atoms with E-state index in [0.29, 0.717) is 0 Å². The third-order valence-corrected chi connectivity index (χ3v) is 5.05. The van der Waals surface area contributed by atoms with Crippen LogP contribution in [0.4, 0.5) is 13.2 Å². The van der Waals surface area contributed by atoms with Crippen LogP contribution in [-0.2, 0) is 16.2 Å². The van der Waals surface area contributed by atoms with Crippen LogP contribution in [-0.4, -0.2) is 22.9 Å². The first-order valence-corrected chi connectivity index (χ1v) is 7.98. The van der Waals surface area contributed by atoms with Crippen LogP contribution in [0.1, 0.15) is 25.0 Å². The lowest BCUT2D eigenvalue weighted by molar-refractivity contribution is -0.137. The van der Waals surface area contributed by atoms with Crippen LogP contribution in [0.25, 0.3) is 11.1 Å². The molecule has 0 amide bonds. The average Bonchev–Trinajstić information content (AvgIpc) is 2.96. The molecule has 0 radical (unpaired) electrons. The highest BCUT2D eigenvalue weighted by Gasteiger charge is 2.31. The number of rotatable bonds is 3. The van der Waals surface area contributed by atoms with Crippen molar-refractivity contribution in [2.45, 2.75) is 25.3 Å². The Morgan fingerprint density at radius 2 is 1.87 bits per heavy atom. The maximum Gasteiger partial charge on any atom is 0.416 e. The van der Waals surface area contributed by atoms with Crippen LogP contribution in [0.3, 0.4) is 0 Å². The van der Waals surface area contributed by atoms with Crippen LogP contribution in [0.5, 0.6) is 0 Å². The number of halogens is 3. The standard InChI is InChI=1S/C14H12F3N3O2S/c1-9(2)23(21,22)20-8-12(7-19-20)11-3-10(6-18)4-13(5-11)14(15,16)17/h3-5,7-9H,1-2H3. The minimum atomic E-state index is -4.61. The molecule has 1 aromatic heterocycles. The number of aromatic nitrogens is 2. The summed E-state index contributed by atoms with van der Waals surface area (Å²) in [7, 11) is -3.70. The summed E-state index contributed by atoms with van der Waals surface area (Å²) < 4.78 is 63.3. The summed E-state index contributed by atoms with van der Waals surface area (Å²) >= 11 is 0. The molecule has 122 valence electrons. The fourth-order valence-corrected chi connectivity index (χ4v) is 2.70. The average molecular weight is 343 g/mol. The predicted octanol–water partition coefficient (Wildman–Crippen LogP) is 3.03. The normalized spacial score (nSPS) is 12.4. The van der Waals surface area contributed by atoms with Crippen molar-refractivity contribution in [2.24, 2.45) is 0 Å². The molecular weight excluding hydrogens is 331 g/mol. The molecule has 0 aliphatic rings. The van der Waals surface area contributed by atoms with Crippen LogP contribution in [0, 0.1) is 11.3 Å². The Kier molecular flexibility index (Phi) is 4.22. The SMILES string of the molecule is CC(C)S(=O)(=O)n1cc(-c2cc(C#N)cc(C(F)(F)F)c2)cn1. The zero-order chi connectivity index (χ0) is 17.4. The van der Waals surface area contributed by atoms with Crippen molar-refractivity contribution in [3.8, 4) is 17.2 Å². The number of nitrogens with zero attached hydrogens (tertiary/aromatic N) is 3. The molecule has 2 rings (SSSR count). The van der Waals surface area contributed by atoms with Crippen molar-refractivity contribution in [1.82, 2.24) is 9.19 Å². The van der Waals surface area contributed by atoms with Gasteiger partial charge in [0.1, 0.15) is 0 Å². The lowest BCUT2D eigenvalue weighted by Crippen LogP contribution is -2.22. The number of alkyl halides is 3. The minimum Gasteiger partial charge on any atom is -0.204 e. The van der Waals surface area contributed by atoms with Gasteiger partial charge in [0.15, 0.2) is 0 Å². The maximum absolute atomic E-state index is 12.9. The quantitative estimate of drug-likeness (QED) is 0.858. The monoisotopic (exact) mass is 343 g/mol. The van der Waals surface area contributed by atoms with Gasteiger partial charge >= 0.3 is 6.18 Å². The highest BCUT2D eigenvalue weighted by molar-refractivity contribution is 7.90. The van der Waals surface area contributed by atoms with E-state index in [-0.39, 0.29) is 16.7 Å². The summed E-state index contributed by atoms with van der Waals surface area (Å²) in [6.07, 6.45) is -2.33. The van der Waals surface area contributed by atoms with Gasteiger partial charge in [-0.2, -0.15) is 27.6 Å². The van der Waals surface area contributed by atoms with E-state index in [2.05, 4.69) is 5.10 Å². The molecule has 5 nitrogen and oxygen atoms in total. The van der Waals surface area contributed by atoms with Gasteiger partial charge in [-0.1, -0.05) is 0 Å². The zero-order valence-electron chi connectivity index (χ0n) is 12.2. The van der Waals surface area contributed by atoms with Gasteiger partial charge in [0, 0.05) is 5.56 Å². The molecule has 23 heavy (non-hydrogen) atoms. The van der Waals surface area contributed by atoms with Crippen molar-refractivity contribution in [3.63, 3.8) is 0 Å². The Hall–Kier alpha value is -2.34. The largest absolute Gasteiger partial charge is 0.416 e. The fourth-order valence-electron chi connectivity index (χ4n) is 1.83. The molecule has 1 aromatic carbocycles. The Balaban J connectivity index is 2.56. The highest BCUT2D eigenvalue weighted by atomic mass is 32.2. The maximum atomic E-state index is 12.9.